The van der Waals surface area contributed by atoms with Gasteiger partial charge in [-0.15, -0.1) is 0 Å². The SMILES string of the molecule is O=C(Cc1ccccc1Cl)Nc1ccc(-n2ccnc2)cc1. The van der Waals surface area contributed by atoms with Crippen molar-refractivity contribution < 1.29 is 4.79 Å². The van der Waals surface area contributed by atoms with Gasteiger partial charge in [-0.3, -0.25) is 4.79 Å². The van der Waals surface area contributed by atoms with E-state index in [1.54, 1.807) is 18.6 Å². The van der Waals surface area contributed by atoms with Crippen molar-refractivity contribution in [2.45, 2.75) is 6.42 Å². The van der Waals surface area contributed by atoms with Crippen LogP contribution in [0.1, 0.15) is 5.56 Å². The molecule has 0 aliphatic heterocycles. The largest absolute Gasteiger partial charge is 0.326 e. The summed E-state index contributed by atoms with van der Waals surface area (Å²) < 4.78 is 1.90. The fraction of sp³-hybridized carbons (Fsp3) is 0.0588. The smallest absolute Gasteiger partial charge is 0.228 e. The highest BCUT2D eigenvalue weighted by molar-refractivity contribution is 6.31. The Kier molecular flexibility index (Phi) is 4.21. The lowest BCUT2D eigenvalue weighted by atomic mass is 10.1. The molecule has 0 fully saturated rings. The van der Waals surface area contributed by atoms with Crippen LogP contribution in [0.4, 0.5) is 5.69 Å². The summed E-state index contributed by atoms with van der Waals surface area (Å²) >= 11 is 6.06. The van der Waals surface area contributed by atoms with E-state index in [0.29, 0.717) is 5.02 Å². The Labute approximate surface area is 133 Å². The monoisotopic (exact) mass is 311 g/mol. The molecule has 1 heterocycles. The molecule has 2 aromatic carbocycles. The van der Waals surface area contributed by atoms with E-state index in [1.807, 2.05) is 53.2 Å². The lowest BCUT2D eigenvalue weighted by Gasteiger charge is -2.08. The molecule has 1 amide bonds. The Morgan fingerprint density at radius 3 is 2.59 bits per heavy atom. The zero-order valence-corrected chi connectivity index (χ0v) is 12.5. The molecule has 3 rings (SSSR count). The molecule has 0 saturated carbocycles. The molecule has 0 radical (unpaired) electrons. The van der Waals surface area contributed by atoms with Gasteiger partial charge in [0.2, 0.25) is 5.91 Å². The number of imidazole rings is 1. The van der Waals surface area contributed by atoms with E-state index in [0.717, 1.165) is 16.9 Å². The maximum absolute atomic E-state index is 12.1. The summed E-state index contributed by atoms with van der Waals surface area (Å²) in [7, 11) is 0. The van der Waals surface area contributed by atoms with Crippen LogP contribution in [0.25, 0.3) is 5.69 Å². The van der Waals surface area contributed by atoms with Gasteiger partial charge in [0.1, 0.15) is 0 Å². The van der Waals surface area contributed by atoms with E-state index in [-0.39, 0.29) is 12.3 Å². The Balaban J connectivity index is 1.66. The van der Waals surface area contributed by atoms with Gasteiger partial charge in [0.05, 0.1) is 12.7 Å². The number of hydrogen-bond acceptors (Lipinski definition) is 2. The quantitative estimate of drug-likeness (QED) is 0.798. The van der Waals surface area contributed by atoms with E-state index in [4.69, 9.17) is 11.6 Å². The summed E-state index contributed by atoms with van der Waals surface area (Å²) in [5.41, 5.74) is 2.55. The number of nitrogens with one attached hydrogen (secondary N) is 1. The lowest BCUT2D eigenvalue weighted by Crippen LogP contribution is -2.14. The first-order chi connectivity index (χ1) is 10.7. The van der Waals surface area contributed by atoms with Gasteiger partial charge in [-0.1, -0.05) is 29.8 Å². The van der Waals surface area contributed by atoms with Crippen LogP contribution in [0.3, 0.4) is 0 Å². The Morgan fingerprint density at radius 2 is 1.91 bits per heavy atom. The summed E-state index contributed by atoms with van der Waals surface area (Å²) in [5.74, 6) is -0.0940. The Bertz CT molecular complexity index is 767. The van der Waals surface area contributed by atoms with Crippen molar-refractivity contribution in [3.8, 4) is 5.69 Å². The first-order valence-corrected chi connectivity index (χ1v) is 7.22. The van der Waals surface area contributed by atoms with Gasteiger partial charge in [0, 0.05) is 28.8 Å². The third-order valence-corrected chi connectivity index (χ3v) is 3.63. The second-order valence-electron chi connectivity index (χ2n) is 4.83. The zero-order valence-electron chi connectivity index (χ0n) is 11.7. The van der Waals surface area contributed by atoms with Crippen molar-refractivity contribution in [3.63, 3.8) is 0 Å². The first kappa shape index (κ1) is 14.4. The third-order valence-electron chi connectivity index (χ3n) is 3.26. The number of nitrogens with zero attached hydrogens (tertiary/aromatic N) is 2. The number of aromatic nitrogens is 2. The molecular formula is C17H14ClN3O. The average Bonchev–Trinajstić information content (AvgIpc) is 3.05. The molecule has 0 aliphatic rings. The van der Waals surface area contributed by atoms with Gasteiger partial charge in [0.25, 0.3) is 0 Å². The predicted molar refractivity (Wildman–Crippen MR) is 87.3 cm³/mol. The maximum Gasteiger partial charge on any atom is 0.228 e. The van der Waals surface area contributed by atoms with Gasteiger partial charge in [-0.05, 0) is 35.9 Å². The Hall–Kier alpha value is -2.59. The van der Waals surface area contributed by atoms with Gasteiger partial charge in [-0.25, -0.2) is 4.98 Å². The first-order valence-electron chi connectivity index (χ1n) is 6.84. The number of rotatable bonds is 4. The van der Waals surface area contributed by atoms with E-state index < -0.39 is 0 Å². The van der Waals surface area contributed by atoms with Crippen LogP contribution in [-0.2, 0) is 11.2 Å². The summed E-state index contributed by atoms with van der Waals surface area (Å²) in [5, 5.41) is 3.47. The van der Waals surface area contributed by atoms with Crippen LogP contribution in [-0.4, -0.2) is 15.5 Å². The van der Waals surface area contributed by atoms with Crippen LogP contribution in [0, 0.1) is 0 Å². The zero-order chi connectivity index (χ0) is 15.4. The number of anilines is 1. The molecule has 3 aromatic rings. The minimum Gasteiger partial charge on any atom is -0.326 e. The van der Waals surface area contributed by atoms with E-state index in [2.05, 4.69) is 10.3 Å². The summed E-state index contributed by atoms with van der Waals surface area (Å²) in [4.78, 5) is 16.1. The molecule has 0 spiro atoms. The highest BCUT2D eigenvalue weighted by Crippen LogP contribution is 2.17. The van der Waals surface area contributed by atoms with E-state index in [1.165, 1.54) is 0 Å². The minimum absolute atomic E-state index is 0.0940. The number of halogens is 1. The molecule has 0 saturated heterocycles. The van der Waals surface area contributed by atoms with Crippen molar-refractivity contribution in [1.82, 2.24) is 9.55 Å². The molecule has 0 atom stereocenters. The molecule has 0 bridgehead atoms. The molecule has 0 aliphatic carbocycles. The number of carbonyl (C=O) groups excluding carboxylic acids is 1. The standard InChI is InChI=1S/C17H14ClN3O/c18-16-4-2-1-3-13(16)11-17(22)20-14-5-7-15(8-6-14)21-10-9-19-12-21/h1-10,12H,11H2,(H,20,22). The van der Waals surface area contributed by atoms with Gasteiger partial charge in [0.15, 0.2) is 0 Å². The number of hydrogen-bond donors (Lipinski definition) is 1. The van der Waals surface area contributed by atoms with Gasteiger partial charge < -0.3 is 9.88 Å². The summed E-state index contributed by atoms with van der Waals surface area (Å²) in [6, 6.07) is 14.9. The van der Waals surface area contributed by atoms with Crippen molar-refractivity contribution in [2.75, 3.05) is 5.32 Å². The molecule has 1 N–H and O–H groups in total. The highest BCUT2D eigenvalue weighted by atomic mass is 35.5. The van der Waals surface area contributed by atoms with Crippen LogP contribution in [0.15, 0.2) is 67.3 Å². The second kappa shape index (κ2) is 6.45. The van der Waals surface area contributed by atoms with Crippen molar-refractivity contribution in [3.05, 3.63) is 77.8 Å². The fourth-order valence-electron chi connectivity index (χ4n) is 2.15. The van der Waals surface area contributed by atoms with E-state index >= 15 is 0 Å². The predicted octanol–water partition coefficient (Wildman–Crippen LogP) is 3.71. The number of benzene rings is 2. The molecule has 1 aromatic heterocycles. The van der Waals surface area contributed by atoms with Crippen LogP contribution in [0.5, 0.6) is 0 Å². The molecule has 22 heavy (non-hydrogen) atoms. The van der Waals surface area contributed by atoms with Crippen molar-refractivity contribution in [1.29, 1.82) is 0 Å². The third kappa shape index (κ3) is 3.35. The summed E-state index contributed by atoms with van der Waals surface area (Å²) in [6.45, 7) is 0. The van der Waals surface area contributed by atoms with Crippen LogP contribution in [0.2, 0.25) is 5.02 Å². The number of amides is 1. The molecule has 4 nitrogen and oxygen atoms in total. The molecule has 0 unspecified atom stereocenters. The van der Waals surface area contributed by atoms with E-state index in [9.17, 15) is 4.79 Å². The van der Waals surface area contributed by atoms with Crippen molar-refractivity contribution in [2.24, 2.45) is 0 Å². The van der Waals surface area contributed by atoms with Crippen LogP contribution < -0.4 is 5.32 Å². The second-order valence-corrected chi connectivity index (χ2v) is 5.24. The maximum atomic E-state index is 12.1. The highest BCUT2D eigenvalue weighted by Gasteiger charge is 2.07. The minimum atomic E-state index is -0.0940. The molecule has 5 heteroatoms. The average molecular weight is 312 g/mol. The van der Waals surface area contributed by atoms with Crippen molar-refractivity contribution >= 4 is 23.2 Å². The topological polar surface area (TPSA) is 46.9 Å². The normalized spacial score (nSPS) is 10.4. The lowest BCUT2D eigenvalue weighted by molar-refractivity contribution is -0.115. The summed E-state index contributed by atoms with van der Waals surface area (Å²) in [6.07, 6.45) is 5.57. The van der Waals surface area contributed by atoms with Gasteiger partial charge >= 0.3 is 0 Å². The van der Waals surface area contributed by atoms with Gasteiger partial charge in [-0.2, -0.15) is 0 Å². The Morgan fingerprint density at radius 1 is 1.14 bits per heavy atom. The van der Waals surface area contributed by atoms with Crippen LogP contribution >= 0.6 is 11.6 Å². The fourth-order valence-corrected chi connectivity index (χ4v) is 2.35. The molecule has 110 valence electrons. The number of carbonyl (C=O) groups is 1. The molecular weight excluding hydrogens is 298 g/mol.